The number of benzene rings is 2. The second kappa shape index (κ2) is 8.41. The molecule has 140 valence electrons. The van der Waals surface area contributed by atoms with Crippen LogP contribution in [0, 0.1) is 0 Å². The molecule has 0 spiro atoms. The van der Waals surface area contributed by atoms with Gasteiger partial charge in [-0.2, -0.15) is 0 Å². The van der Waals surface area contributed by atoms with Crippen LogP contribution in [0.25, 0.3) is 21.6 Å². The van der Waals surface area contributed by atoms with Crippen LogP contribution in [0.3, 0.4) is 0 Å². The number of amides is 1. The van der Waals surface area contributed by atoms with Crippen molar-refractivity contribution in [2.45, 2.75) is 5.03 Å². The van der Waals surface area contributed by atoms with Crippen LogP contribution in [0.2, 0.25) is 0 Å². The van der Waals surface area contributed by atoms with E-state index in [9.17, 15) is 4.79 Å². The second-order valence-electron chi connectivity index (χ2n) is 5.88. The summed E-state index contributed by atoms with van der Waals surface area (Å²) in [7, 11) is 1.58. The van der Waals surface area contributed by atoms with Crippen molar-refractivity contribution in [3.63, 3.8) is 0 Å². The second-order valence-corrected chi connectivity index (χ2v) is 7.80. The average molecular weight is 408 g/mol. The SMILES string of the molecule is COc1ccccc1NC(=O)CSc1nc(-c2cccs2)nc2ccccc12. The predicted molar refractivity (Wildman–Crippen MR) is 115 cm³/mol. The van der Waals surface area contributed by atoms with E-state index >= 15 is 0 Å². The first-order valence-electron chi connectivity index (χ1n) is 8.61. The molecule has 0 radical (unpaired) electrons. The number of anilines is 1. The highest BCUT2D eigenvalue weighted by Gasteiger charge is 2.13. The van der Waals surface area contributed by atoms with Gasteiger partial charge < -0.3 is 10.1 Å². The van der Waals surface area contributed by atoms with Crippen LogP contribution < -0.4 is 10.1 Å². The zero-order valence-electron chi connectivity index (χ0n) is 15.1. The number of thiophene rings is 1. The largest absolute Gasteiger partial charge is 0.495 e. The lowest BCUT2D eigenvalue weighted by atomic mass is 10.2. The quantitative estimate of drug-likeness (QED) is 0.356. The van der Waals surface area contributed by atoms with Gasteiger partial charge in [0.15, 0.2) is 5.82 Å². The molecule has 0 aliphatic heterocycles. The molecule has 2 aromatic heterocycles. The maximum Gasteiger partial charge on any atom is 0.234 e. The van der Waals surface area contributed by atoms with Crippen molar-refractivity contribution in [2.24, 2.45) is 0 Å². The number of carbonyl (C=O) groups is 1. The number of methoxy groups -OCH3 is 1. The van der Waals surface area contributed by atoms with Crippen molar-refractivity contribution >= 4 is 45.6 Å². The average Bonchev–Trinajstić information content (AvgIpc) is 3.27. The van der Waals surface area contributed by atoms with Crippen LogP contribution in [-0.4, -0.2) is 28.7 Å². The first-order valence-corrected chi connectivity index (χ1v) is 10.5. The van der Waals surface area contributed by atoms with E-state index in [0.717, 1.165) is 20.8 Å². The third kappa shape index (κ3) is 4.00. The van der Waals surface area contributed by atoms with E-state index in [-0.39, 0.29) is 11.7 Å². The smallest absolute Gasteiger partial charge is 0.234 e. The number of thioether (sulfide) groups is 1. The van der Waals surface area contributed by atoms with E-state index in [1.165, 1.54) is 11.8 Å². The van der Waals surface area contributed by atoms with E-state index in [1.807, 2.05) is 66.0 Å². The molecule has 0 fully saturated rings. The predicted octanol–water partition coefficient (Wildman–Crippen LogP) is 5.10. The van der Waals surface area contributed by atoms with E-state index in [0.29, 0.717) is 17.3 Å². The van der Waals surface area contributed by atoms with Gasteiger partial charge in [-0.15, -0.1) is 11.3 Å². The van der Waals surface area contributed by atoms with E-state index in [4.69, 9.17) is 9.72 Å². The van der Waals surface area contributed by atoms with Gasteiger partial charge in [0.1, 0.15) is 10.8 Å². The van der Waals surface area contributed by atoms with Gasteiger partial charge in [-0.05, 0) is 29.6 Å². The molecule has 0 bridgehead atoms. The number of carbonyl (C=O) groups excluding carboxylic acids is 1. The summed E-state index contributed by atoms with van der Waals surface area (Å²) in [6.07, 6.45) is 0. The van der Waals surface area contributed by atoms with Crippen LogP contribution in [0.5, 0.6) is 5.75 Å². The van der Waals surface area contributed by atoms with E-state index in [2.05, 4.69) is 10.3 Å². The fourth-order valence-electron chi connectivity index (χ4n) is 2.74. The van der Waals surface area contributed by atoms with Gasteiger partial charge in [-0.25, -0.2) is 9.97 Å². The molecule has 2 heterocycles. The van der Waals surface area contributed by atoms with Gasteiger partial charge >= 0.3 is 0 Å². The third-order valence-electron chi connectivity index (χ3n) is 4.03. The number of nitrogens with zero attached hydrogens (tertiary/aromatic N) is 2. The van der Waals surface area contributed by atoms with Gasteiger partial charge in [0.25, 0.3) is 0 Å². The summed E-state index contributed by atoms with van der Waals surface area (Å²) < 4.78 is 5.28. The molecule has 4 rings (SSSR count). The number of aromatic nitrogens is 2. The van der Waals surface area contributed by atoms with Gasteiger partial charge in [-0.3, -0.25) is 4.79 Å². The van der Waals surface area contributed by atoms with Crippen molar-refractivity contribution in [3.05, 3.63) is 66.0 Å². The van der Waals surface area contributed by atoms with Gasteiger partial charge in [0.2, 0.25) is 5.91 Å². The minimum atomic E-state index is -0.116. The molecule has 1 amide bonds. The molecule has 2 aromatic carbocycles. The number of nitrogens with one attached hydrogen (secondary N) is 1. The fraction of sp³-hybridized carbons (Fsp3) is 0.0952. The number of fused-ring (bicyclic) bond motifs is 1. The molecule has 4 aromatic rings. The Morgan fingerprint density at radius 1 is 1.07 bits per heavy atom. The molecular formula is C21H17N3O2S2. The molecule has 28 heavy (non-hydrogen) atoms. The van der Waals surface area contributed by atoms with Gasteiger partial charge in [0, 0.05) is 5.39 Å². The van der Waals surface area contributed by atoms with Crippen molar-refractivity contribution in [1.29, 1.82) is 0 Å². The Morgan fingerprint density at radius 3 is 2.71 bits per heavy atom. The minimum absolute atomic E-state index is 0.116. The van der Waals surface area contributed by atoms with Crippen LogP contribution in [0.15, 0.2) is 71.1 Å². The minimum Gasteiger partial charge on any atom is -0.495 e. The Kier molecular flexibility index (Phi) is 5.55. The Balaban J connectivity index is 1.56. The van der Waals surface area contributed by atoms with Crippen molar-refractivity contribution < 1.29 is 9.53 Å². The van der Waals surface area contributed by atoms with E-state index < -0.39 is 0 Å². The van der Waals surface area contributed by atoms with Crippen LogP contribution in [-0.2, 0) is 4.79 Å². The normalized spacial score (nSPS) is 10.8. The highest BCUT2D eigenvalue weighted by molar-refractivity contribution is 8.00. The topological polar surface area (TPSA) is 64.1 Å². The Morgan fingerprint density at radius 2 is 1.89 bits per heavy atom. The first kappa shape index (κ1) is 18.5. The summed E-state index contributed by atoms with van der Waals surface area (Å²) in [4.78, 5) is 22.9. The number of rotatable bonds is 6. The number of hydrogen-bond acceptors (Lipinski definition) is 6. The van der Waals surface area contributed by atoms with E-state index in [1.54, 1.807) is 18.4 Å². The Bertz CT molecular complexity index is 1110. The maximum atomic E-state index is 12.5. The van der Waals surface area contributed by atoms with Gasteiger partial charge in [0.05, 0.1) is 28.9 Å². The molecule has 0 atom stereocenters. The highest BCUT2D eigenvalue weighted by Crippen LogP contribution is 2.30. The molecular weight excluding hydrogens is 390 g/mol. The Labute approximate surface area is 170 Å². The molecule has 7 heteroatoms. The summed E-state index contributed by atoms with van der Waals surface area (Å²) in [5, 5.41) is 6.64. The summed E-state index contributed by atoms with van der Waals surface area (Å²) >= 11 is 3.00. The highest BCUT2D eigenvalue weighted by atomic mass is 32.2. The zero-order chi connectivity index (χ0) is 19.3. The molecule has 1 N–H and O–H groups in total. The van der Waals surface area contributed by atoms with Crippen LogP contribution >= 0.6 is 23.1 Å². The molecule has 0 saturated heterocycles. The van der Waals surface area contributed by atoms with Crippen molar-refractivity contribution in [3.8, 4) is 16.5 Å². The number of hydrogen-bond donors (Lipinski definition) is 1. The summed E-state index contributed by atoms with van der Waals surface area (Å²) in [5.74, 6) is 1.44. The molecule has 5 nitrogen and oxygen atoms in total. The molecule has 0 aliphatic carbocycles. The summed E-state index contributed by atoms with van der Waals surface area (Å²) in [6.45, 7) is 0. The summed E-state index contributed by atoms with van der Waals surface area (Å²) in [5.41, 5.74) is 1.52. The van der Waals surface area contributed by atoms with Gasteiger partial charge in [-0.1, -0.05) is 48.2 Å². The maximum absolute atomic E-state index is 12.5. The first-order chi connectivity index (χ1) is 13.7. The van der Waals surface area contributed by atoms with Crippen molar-refractivity contribution in [2.75, 3.05) is 18.2 Å². The molecule has 0 unspecified atom stereocenters. The lowest BCUT2D eigenvalue weighted by Gasteiger charge is -2.10. The standard InChI is InChI=1S/C21H17N3O2S2/c1-26-17-10-5-4-9-16(17)22-19(25)13-28-21-14-7-2-3-8-15(14)23-20(24-21)18-11-6-12-27-18/h2-12H,13H2,1H3,(H,22,25). The number of para-hydroxylation sites is 3. The van der Waals surface area contributed by atoms with Crippen LogP contribution in [0.1, 0.15) is 0 Å². The van der Waals surface area contributed by atoms with Crippen molar-refractivity contribution in [1.82, 2.24) is 9.97 Å². The zero-order valence-corrected chi connectivity index (χ0v) is 16.7. The fourth-order valence-corrected chi connectivity index (χ4v) is 4.22. The molecule has 0 aliphatic rings. The third-order valence-corrected chi connectivity index (χ3v) is 5.89. The molecule has 0 saturated carbocycles. The lowest BCUT2D eigenvalue weighted by molar-refractivity contribution is -0.113. The van der Waals surface area contributed by atoms with Crippen LogP contribution in [0.4, 0.5) is 5.69 Å². The monoisotopic (exact) mass is 407 g/mol. The summed E-state index contributed by atoms with van der Waals surface area (Å²) in [6, 6.07) is 19.2. The Hall–Kier alpha value is -2.90. The number of ether oxygens (including phenoxy) is 1. The lowest BCUT2D eigenvalue weighted by Crippen LogP contribution is -2.14.